The summed E-state index contributed by atoms with van der Waals surface area (Å²) < 4.78 is 5.53. The van der Waals surface area contributed by atoms with Gasteiger partial charge < -0.3 is 20.5 Å². The molecule has 1 aliphatic rings. The second kappa shape index (κ2) is 5.81. The minimum Gasteiger partial charge on any atom is -0.394 e. The fourth-order valence-corrected chi connectivity index (χ4v) is 2.31. The summed E-state index contributed by atoms with van der Waals surface area (Å²) in [4.78, 5) is 7.02. The predicted molar refractivity (Wildman–Crippen MR) is 78.5 cm³/mol. The Hall–Kier alpha value is -1.24. The van der Waals surface area contributed by atoms with Gasteiger partial charge in [0, 0.05) is 17.8 Å². The molecule has 104 valence electrons. The summed E-state index contributed by atoms with van der Waals surface area (Å²) in [5.41, 5.74) is 7.38. The number of aromatic nitrogens is 1. The number of nitrogens with two attached hydrogens (primary N) is 1. The third kappa shape index (κ3) is 3.20. The Kier molecular flexibility index (Phi) is 4.34. The molecule has 6 heteroatoms. The number of aryl methyl sites for hydroxylation is 1. The zero-order valence-corrected chi connectivity index (χ0v) is 12.0. The first-order valence-electron chi connectivity index (χ1n) is 6.29. The highest BCUT2D eigenvalue weighted by Crippen LogP contribution is 2.21. The van der Waals surface area contributed by atoms with Gasteiger partial charge >= 0.3 is 0 Å². The minimum atomic E-state index is -0.174. The van der Waals surface area contributed by atoms with E-state index in [-0.39, 0.29) is 18.8 Å². The van der Waals surface area contributed by atoms with Crippen LogP contribution in [0.2, 0.25) is 0 Å². The molecule has 2 heterocycles. The normalized spacial score (nSPS) is 23.4. The highest BCUT2D eigenvalue weighted by atomic mass is 32.1. The largest absolute Gasteiger partial charge is 0.394 e. The molecule has 0 aromatic carbocycles. The van der Waals surface area contributed by atoms with Gasteiger partial charge in [0.2, 0.25) is 0 Å². The number of hydrogen-bond acceptors (Lipinski definition) is 5. The quantitative estimate of drug-likeness (QED) is 0.791. The van der Waals surface area contributed by atoms with Crippen LogP contribution < -0.4 is 10.6 Å². The van der Waals surface area contributed by atoms with Crippen molar-refractivity contribution in [3.05, 3.63) is 23.4 Å². The van der Waals surface area contributed by atoms with E-state index in [4.69, 9.17) is 22.7 Å². The van der Waals surface area contributed by atoms with Crippen LogP contribution in [0.3, 0.4) is 0 Å². The second-order valence-electron chi connectivity index (χ2n) is 4.86. The fourth-order valence-electron chi connectivity index (χ4n) is 2.19. The lowest BCUT2D eigenvalue weighted by Crippen LogP contribution is -2.50. The van der Waals surface area contributed by atoms with Crippen molar-refractivity contribution in [2.24, 2.45) is 5.73 Å². The Morgan fingerprint density at radius 1 is 1.63 bits per heavy atom. The molecule has 0 aliphatic carbocycles. The van der Waals surface area contributed by atoms with E-state index in [9.17, 15) is 5.11 Å². The average Bonchev–Trinajstić information content (AvgIpc) is 2.38. The summed E-state index contributed by atoms with van der Waals surface area (Å²) in [6, 6.07) is 3.97. The molecule has 0 bridgehead atoms. The number of anilines is 1. The summed E-state index contributed by atoms with van der Waals surface area (Å²) >= 11 is 5.02. The van der Waals surface area contributed by atoms with E-state index in [0.717, 1.165) is 17.1 Å². The molecule has 2 unspecified atom stereocenters. The van der Waals surface area contributed by atoms with Gasteiger partial charge in [-0.1, -0.05) is 12.2 Å². The molecule has 1 aromatic rings. The number of aliphatic hydroxyl groups is 1. The van der Waals surface area contributed by atoms with Gasteiger partial charge in [0.25, 0.3) is 0 Å². The van der Waals surface area contributed by atoms with Crippen LogP contribution in [0.1, 0.15) is 18.2 Å². The van der Waals surface area contributed by atoms with Crippen LogP contribution in [0.15, 0.2) is 12.1 Å². The number of thiocarbonyl (C=S) groups is 1. The first-order valence-corrected chi connectivity index (χ1v) is 6.69. The molecule has 0 saturated carbocycles. The first-order chi connectivity index (χ1) is 9.01. The summed E-state index contributed by atoms with van der Waals surface area (Å²) in [6.07, 6.45) is -0.174. The van der Waals surface area contributed by atoms with Crippen LogP contribution in [0.5, 0.6) is 0 Å². The van der Waals surface area contributed by atoms with Crippen LogP contribution in [0.4, 0.5) is 5.82 Å². The molecule has 2 rings (SSSR count). The molecular weight excluding hydrogens is 262 g/mol. The molecule has 1 fully saturated rings. The molecule has 0 radical (unpaired) electrons. The highest BCUT2D eigenvalue weighted by molar-refractivity contribution is 7.80. The molecule has 2 atom stereocenters. The van der Waals surface area contributed by atoms with Crippen molar-refractivity contribution in [1.29, 1.82) is 0 Å². The SMILES string of the molecule is Cc1cc(C(N)=S)cc(N2CC(CO)OCC2C)n1. The first kappa shape index (κ1) is 14.2. The maximum Gasteiger partial charge on any atom is 0.129 e. The lowest BCUT2D eigenvalue weighted by Gasteiger charge is -2.38. The zero-order chi connectivity index (χ0) is 14.0. The highest BCUT2D eigenvalue weighted by Gasteiger charge is 2.27. The van der Waals surface area contributed by atoms with Gasteiger partial charge in [-0.15, -0.1) is 0 Å². The van der Waals surface area contributed by atoms with Crippen molar-refractivity contribution in [1.82, 2.24) is 4.98 Å². The van der Waals surface area contributed by atoms with E-state index >= 15 is 0 Å². The monoisotopic (exact) mass is 281 g/mol. The van der Waals surface area contributed by atoms with Crippen molar-refractivity contribution >= 4 is 23.0 Å². The Morgan fingerprint density at radius 3 is 3.00 bits per heavy atom. The number of pyridine rings is 1. The Labute approximate surface area is 118 Å². The van der Waals surface area contributed by atoms with Gasteiger partial charge in [0.05, 0.1) is 25.4 Å². The van der Waals surface area contributed by atoms with E-state index in [1.807, 2.05) is 19.1 Å². The van der Waals surface area contributed by atoms with Crippen LogP contribution in [0, 0.1) is 6.92 Å². The second-order valence-corrected chi connectivity index (χ2v) is 5.30. The van der Waals surface area contributed by atoms with Gasteiger partial charge in [-0.2, -0.15) is 0 Å². The predicted octanol–water partition coefficient (Wildman–Crippen LogP) is 0.610. The van der Waals surface area contributed by atoms with Crippen molar-refractivity contribution < 1.29 is 9.84 Å². The van der Waals surface area contributed by atoms with Crippen LogP contribution in [-0.4, -0.2) is 47.0 Å². The third-order valence-corrected chi connectivity index (χ3v) is 3.46. The van der Waals surface area contributed by atoms with Gasteiger partial charge in [0.15, 0.2) is 0 Å². The van der Waals surface area contributed by atoms with E-state index < -0.39 is 0 Å². The van der Waals surface area contributed by atoms with Gasteiger partial charge in [-0.05, 0) is 26.0 Å². The number of aliphatic hydroxyl groups excluding tert-OH is 1. The Bertz CT molecular complexity index is 481. The maximum atomic E-state index is 9.23. The van der Waals surface area contributed by atoms with Crippen LogP contribution >= 0.6 is 12.2 Å². The minimum absolute atomic E-state index is 0.0111. The van der Waals surface area contributed by atoms with Gasteiger partial charge in [-0.3, -0.25) is 0 Å². The van der Waals surface area contributed by atoms with Gasteiger partial charge in [-0.25, -0.2) is 4.98 Å². The summed E-state index contributed by atoms with van der Waals surface area (Å²) in [6.45, 7) is 5.18. The molecule has 0 spiro atoms. The number of hydrogen-bond donors (Lipinski definition) is 2. The average molecular weight is 281 g/mol. The summed E-state index contributed by atoms with van der Waals surface area (Å²) in [7, 11) is 0. The van der Waals surface area contributed by atoms with E-state index in [1.165, 1.54) is 0 Å². The Morgan fingerprint density at radius 2 is 2.37 bits per heavy atom. The number of nitrogens with zero attached hydrogens (tertiary/aromatic N) is 2. The molecular formula is C13H19N3O2S. The molecule has 1 aliphatic heterocycles. The van der Waals surface area contributed by atoms with Crippen molar-refractivity contribution in [3.8, 4) is 0 Å². The van der Waals surface area contributed by atoms with Crippen molar-refractivity contribution in [3.63, 3.8) is 0 Å². The molecule has 1 saturated heterocycles. The maximum absolute atomic E-state index is 9.23. The summed E-state index contributed by atoms with van der Waals surface area (Å²) in [5.74, 6) is 0.831. The van der Waals surface area contributed by atoms with E-state index in [2.05, 4.69) is 16.8 Å². The third-order valence-electron chi connectivity index (χ3n) is 3.23. The number of rotatable bonds is 3. The Balaban J connectivity index is 2.31. The summed E-state index contributed by atoms with van der Waals surface area (Å²) in [5, 5.41) is 9.23. The van der Waals surface area contributed by atoms with E-state index in [0.29, 0.717) is 18.1 Å². The smallest absolute Gasteiger partial charge is 0.129 e. The molecule has 0 amide bonds. The van der Waals surface area contributed by atoms with E-state index in [1.54, 1.807) is 0 Å². The zero-order valence-electron chi connectivity index (χ0n) is 11.2. The molecule has 1 aromatic heterocycles. The van der Waals surface area contributed by atoms with Crippen molar-refractivity contribution in [2.75, 3.05) is 24.7 Å². The molecule has 3 N–H and O–H groups in total. The van der Waals surface area contributed by atoms with Gasteiger partial charge in [0.1, 0.15) is 10.8 Å². The topological polar surface area (TPSA) is 71.6 Å². The number of morpholine rings is 1. The molecule has 5 nitrogen and oxygen atoms in total. The van der Waals surface area contributed by atoms with Crippen LogP contribution in [-0.2, 0) is 4.74 Å². The van der Waals surface area contributed by atoms with Crippen LogP contribution in [0.25, 0.3) is 0 Å². The molecule has 19 heavy (non-hydrogen) atoms. The standard InChI is InChI=1S/C13H19N3O2S/c1-8-3-10(13(14)19)4-12(15-8)16-5-11(6-17)18-7-9(16)2/h3-4,9,11,17H,5-7H2,1-2H3,(H2,14,19). The lowest BCUT2D eigenvalue weighted by atomic mass is 10.1. The fraction of sp³-hybridized carbons (Fsp3) is 0.538. The number of ether oxygens (including phenoxy) is 1. The van der Waals surface area contributed by atoms with Crippen molar-refractivity contribution in [2.45, 2.75) is 26.0 Å². The lowest BCUT2D eigenvalue weighted by molar-refractivity contribution is -0.0105.